The van der Waals surface area contributed by atoms with Crippen LogP contribution in [-0.2, 0) is 30.3 Å². The molecule has 2 aromatic rings. The van der Waals surface area contributed by atoms with Crippen LogP contribution < -0.4 is 10.6 Å². The van der Waals surface area contributed by atoms with Gasteiger partial charge in [0.25, 0.3) is 0 Å². The Balaban J connectivity index is 2.58. The molecular formula is C34H49N3O7. The molecule has 3 unspecified atom stereocenters. The topological polar surface area (TPSA) is 134 Å². The summed E-state index contributed by atoms with van der Waals surface area (Å²) in [6.07, 6.45) is 0.773. The van der Waals surface area contributed by atoms with E-state index < -0.39 is 47.6 Å². The van der Waals surface area contributed by atoms with Crippen LogP contribution in [-0.4, -0.2) is 64.7 Å². The number of aromatic hydroxyl groups is 1. The number of ether oxygens (including phenoxy) is 2. The lowest BCUT2D eigenvalue weighted by molar-refractivity contribution is -0.146. The highest BCUT2D eigenvalue weighted by molar-refractivity contribution is 5.92. The minimum absolute atomic E-state index is 0.00879. The largest absolute Gasteiger partial charge is 0.508 e. The number of nitrogens with one attached hydrogen (secondary N) is 2. The molecule has 0 aliphatic rings. The van der Waals surface area contributed by atoms with Crippen molar-refractivity contribution in [3.05, 3.63) is 65.7 Å². The summed E-state index contributed by atoms with van der Waals surface area (Å²) in [5.74, 6) is -1.05. The monoisotopic (exact) mass is 611 g/mol. The molecule has 10 nitrogen and oxygen atoms in total. The Morgan fingerprint density at radius 1 is 0.932 bits per heavy atom. The summed E-state index contributed by atoms with van der Waals surface area (Å²) in [4.78, 5) is 55.0. The lowest BCUT2D eigenvalue weighted by Gasteiger charge is -2.39. The van der Waals surface area contributed by atoms with Crippen molar-refractivity contribution in [1.29, 1.82) is 0 Å². The Morgan fingerprint density at radius 3 is 2.14 bits per heavy atom. The Hall–Kier alpha value is -4.08. The molecule has 0 fully saturated rings. The molecule has 0 bridgehead atoms. The van der Waals surface area contributed by atoms with Gasteiger partial charge in [0.05, 0.1) is 13.0 Å². The number of nitrogens with zero attached hydrogens (tertiary/aromatic N) is 1. The number of alkyl carbamates (subject to hydrolysis) is 1. The standard InChI is InChI=1S/C34H49N3O7/c1-8-43-29(39)20-21-35-31(40)30(26-16-18-27(38)19-17-26)37(24(4)15-14-23(2)3)32(41)28(22-25-12-10-9-11-13-25)36-33(42)44-34(5,6)7/h9-13,16-19,23-24,28,30,38H,8,14-15,20-22H2,1-7H3,(H,35,40)(H,36,42). The van der Waals surface area contributed by atoms with Crippen LogP contribution in [0.2, 0.25) is 0 Å². The summed E-state index contributed by atoms with van der Waals surface area (Å²) < 4.78 is 10.5. The Bertz CT molecular complexity index is 1210. The molecule has 0 radical (unpaired) electrons. The molecule has 3 atom stereocenters. The van der Waals surface area contributed by atoms with E-state index in [0.717, 1.165) is 12.0 Å². The minimum Gasteiger partial charge on any atom is -0.508 e. The number of hydrogen-bond donors (Lipinski definition) is 3. The molecule has 0 heterocycles. The molecule has 242 valence electrons. The molecule has 44 heavy (non-hydrogen) atoms. The Labute approximate surface area is 261 Å². The van der Waals surface area contributed by atoms with Gasteiger partial charge in [-0.3, -0.25) is 14.4 Å². The van der Waals surface area contributed by atoms with Crippen LogP contribution in [0.3, 0.4) is 0 Å². The SMILES string of the molecule is CCOC(=O)CCNC(=O)C(c1ccc(O)cc1)N(C(=O)C(Cc1ccccc1)NC(=O)OC(C)(C)C)C(C)CCC(C)C. The van der Waals surface area contributed by atoms with Crippen molar-refractivity contribution >= 4 is 23.9 Å². The fourth-order valence-corrected chi connectivity index (χ4v) is 4.70. The number of carbonyl (C=O) groups is 4. The molecule has 0 aliphatic heterocycles. The zero-order chi connectivity index (χ0) is 32.9. The van der Waals surface area contributed by atoms with Gasteiger partial charge in [-0.25, -0.2) is 4.79 Å². The fraction of sp³-hybridized carbons (Fsp3) is 0.529. The molecule has 0 saturated heterocycles. The second kappa shape index (κ2) is 17.3. The quantitative estimate of drug-likeness (QED) is 0.233. The average Bonchev–Trinajstić information content (AvgIpc) is 2.94. The molecule has 0 spiro atoms. The van der Waals surface area contributed by atoms with Crippen LogP contribution >= 0.6 is 0 Å². The summed E-state index contributed by atoms with van der Waals surface area (Å²) in [7, 11) is 0. The van der Waals surface area contributed by atoms with E-state index >= 15 is 0 Å². The second-order valence-corrected chi connectivity index (χ2v) is 12.3. The number of amides is 3. The number of carbonyl (C=O) groups excluding carboxylic acids is 4. The second-order valence-electron chi connectivity index (χ2n) is 12.3. The highest BCUT2D eigenvalue weighted by Crippen LogP contribution is 2.29. The minimum atomic E-state index is -1.12. The molecule has 0 aliphatic carbocycles. The number of esters is 1. The highest BCUT2D eigenvalue weighted by Gasteiger charge is 2.39. The maximum atomic E-state index is 14.6. The van der Waals surface area contributed by atoms with Crippen molar-refractivity contribution in [3.63, 3.8) is 0 Å². The maximum Gasteiger partial charge on any atom is 0.408 e. The van der Waals surface area contributed by atoms with Crippen LogP contribution in [0.1, 0.15) is 84.9 Å². The van der Waals surface area contributed by atoms with E-state index in [1.165, 1.54) is 17.0 Å². The van der Waals surface area contributed by atoms with Gasteiger partial charge in [-0.05, 0) is 76.6 Å². The smallest absolute Gasteiger partial charge is 0.408 e. The van der Waals surface area contributed by atoms with Crippen LogP contribution in [0, 0.1) is 5.92 Å². The number of phenols is 1. The van der Waals surface area contributed by atoms with E-state index in [1.54, 1.807) is 39.8 Å². The Morgan fingerprint density at radius 2 is 1.57 bits per heavy atom. The van der Waals surface area contributed by atoms with E-state index in [0.29, 0.717) is 17.9 Å². The normalized spacial score (nSPS) is 13.4. The average molecular weight is 612 g/mol. The molecule has 0 aromatic heterocycles. The number of phenolic OH excluding ortho intramolecular Hbond substituents is 1. The van der Waals surface area contributed by atoms with Gasteiger partial charge < -0.3 is 30.1 Å². The summed E-state index contributed by atoms with van der Waals surface area (Å²) in [6.45, 7) is 13.2. The molecule has 3 amide bonds. The molecule has 2 rings (SSSR count). The lowest BCUT2D eigenvalue weighted by Crippen LogP contribution is -2.56. The first-order valence-electron chi connectivity index (χ1n) is 15.3. The lowest BCUT2D eigenvalue weighted by atomic mass is 9.96. The molecule has 0 saturated carbocycles. The summed E-state index contributed by atoms with van der Waals surface area (Å²) >= 11 is 0. The Kier molecular flexibility index (Phi) is 14.2. The van der Waals surface area contributed by atoms with Gasteiger partial charge in [0.15, 0.2) is 0 Å². The molecule has 3 N–H and O–H groups in total. The zero-order valence-electron chi connectivity index (χ0n) is 27.1. The third-order valence-corrected chi connectivity index (χ3v) is 6.83. The van der Waals surface area contributed by atoms with E-state index in [9.17, 15) is 24.3 Å². The van der Waals surface area contributed by atoms with Crippen molar-refractivity contribution < 1.29 is 33.8 Å². The third kappa shape index (κ3) is 12.3. The third-order valence-electron chi connectivity index (χ3n) is 6.83. The van der Waals surface area contributed by atoms with Crippen molar-refractivity contribution in [2.75, 3.05) is 13.2 Å². The van der Waals surface area contributed by atoms with E-state index in [-0.39, 0.29) is 31.7 Å². The first-order chi connectivity index (χ1) is 20.7. The van der Waals surface area contributed by atoms with E-state index in [1.807, 2.05) is 37.3 Å². The molecular weight excluding hydrogens is 562 g/mol. The number of benzene rings is 2. The highest BCUT2D eigenvalue weighted by atomic mass is 16.6. The van der Waals surface area contributed by atoms with Crippen LogP contribution in [0.15, 0.2) is 54.6 Å². The first kappa shape index (κ1) is 36.1. The maximum absolute atomic E-state index is 14.6. The van der Waals surface area contributed by atoms with Gasteiger partial charge in [0.1, 0.15) is 23.4 Å². The van der Waals surface area contributed by atoms with E-state index in [4.69, 9.17) is 9.47 Å². The van der Waals surface area contributed by atoms with Crippen LogP contribution in [0.25, 0.3) is 0 Å². The van der Waals surface area contributed by atoms with Gasteiger partial charge in [0.2, 0.25) is 11.8 Å². The number of hydrogen-bond acceptors (Lipinski definition) is 7. The predicted octanol–water partition coefficient (Wildman–Crippen LogP) is 5.29. The van der Waals surface area contributed by atoms with Gasteiger partial charge in [-0.15, -0.1) is 0 Å². The van der Waals surface area contributed by atoms with Crippen molar-refractivity contribution in [1.82, 2.24) is 15.5 Å². The van der Waals surface area contributed by atoms with Crippen molar-refractivity contribution in [3.8, 4) is 5.75 Å². The fourth-order valence-electron chi connectivity index (χ4n) is 4.70. The first-order valence-corrected chi connectivity index (χ1v) is 15.3. The van der Waals surface area contributed by atoms with Gasteiger partial charge >= 0.3 is 12.1 Å². The van der Waals surface area contributed by atoms with Gasteiger partial charge in [0, 0.05) is 19.0 Å². The van der Waals surface area contributed by atoms with Crippen molar-refractivity contribution in [2.24, 2.45) is 5.92 Å². The summed E-state index contributed by atoms with van der Waals surface area (Å²) in [5, 5.41) is 15.5. The molecule has 10 heteroatoms. The predicted molar refractivity (Wildman–Crippen MR) is 169 cm³/mol. The van der Waals surface area contributed by atoms with Crippen LogP contribution in [0.4, 0.5) is 4.79 Å². The van der Waals surface area contributed by atoms with Gasteiger partial charge in [-0.1, -0.05) is 56.3 Å². The molecule has 2 aromatic carbocycles. The number of rotatable bonds is 15. The summed E-state index contributed by atoms with van der Waals surface area (Å²) in [5.41, 5.74) is 0.496. The van der Waals surface area contributed by atoms with Crippen LogP contribution in [0.5, 0.6) is 5.75 Å². The zero-order valence-corrected chi connectivity index (χ0v) is 27.1. The van der Waals surface area contributed by atoms with Crippen molar-refractivity contribution in [2.45, 2.75) is 97.9 Å². The van der Waals surface area contributed by atoms with E-state index in [2.05, 4.69) is 24.5 Å². The van der Waals surface area contributed by atoms with Gasteiger partial charge in [-0.2, -0.15) is 0 Å². The summed E-state index contributed by atoms with van der Waals surface area (Å²) in [6, 6.07) is 12.8.